The van der Waals surface area contributed by atoms with E-state index in [0.717, 1.165) is 73.6 Å². The second-order valence-electron chi connectivity index (χ2n) is 7.69. The van der Waals surface area contributed by atoms with Crippen LogP contribution in [0.15, 0.2) is 51.4 Å². The zero-order valence-corrected chi connectivity index (χ0v) is 16.2. The number of benzene rings is 2. The second kappa shape index (κ2) is 7.32. The molecule has 0 aliphatic carbocycles. The minimum atomic E-state index is 0.829. The van der Waals surface area contributed by atoms with Gasteiger partial charge in [-0.05, 0) is 57.0 Å². The van der Waals surface area contributed by atoms with Gasteiger partial charge in [0.2, 0.25) is 0 Å². The Kier molecular flexibility index (Phi) is 4.53. The van der Waals surface area contributed by atoms with Gasteiger partial charge in [0.05, 0.1) is 11.9 Å². The molecule has 144 valence electrons. The van der Waals surface area contributed by atoms with E-state index in [9.17, 15) is 0 Å². The van der Waals surface area contributed by atoms with Gasteiger partial charge in [-0.2, -0.15) is 0 Å². The van der Waals surface area contributed by atoms with Crippen LogP contribution >= 0.6 is 0 Å². The van der Waals surface area contributed by atoms with Crippen LogP contribution in [0.4, 0.5) is 5.82 Å². The number of aromatic nitrogens is 1. The standard InChI is InChI=1S/C23H25N3O2/c1-16-8-9-20-19(14-16)17-10-13-26(15-22(17)27-20)12-5-4-11-24-23-18-6-2-3-7-21(18)28-25-23/h2-3,6-9,14H,4-5,10-13,15H2,1H3,(H,24,25). The normalized spacial score (nSPS) is 14.6. The van der Waals surface area contributed by atoms with Gasteiger partial charge in [-0.15, -0.1) is 0 Å². The highest BCUT2D eigenvalue weighted by Gasteiger charge is 2.22. The van der Waals surface area contributed by atoms with Crippen LogP contribution in [0.2, 0.25) is 0 Å². The molecule has 5 heteroatoms. The smallest absolute Gasteiger partial charge is 0.177 e. The molecular weight excluding hydrogens is 350 g/mol. The number of hydrogen-bond acceptors (Lipinski definition) is 5. The first-order chi connectivity index (χ1) is 13.8. The van der Waals surface area contributed by atoms with Crippen molar-refractivity contribution in [2.45, 2.75) is 32.7 Å². The van der Waals surface area contributed by atoms with Crippen LogP contribution in [-0.4, -0.2) is 29.7 Å². The molecule has 1 aliphatic heterocycles. The highest BCUT2D eigenvalue weighted by Crippen LogP contribution is 2.31. The van der Waals surface area contributed by atoms with E-state index in [-0.39, 0.29) is 0 Å². The summed E-state index contributed by atoms with van der Waals surface area (Å²) in [5.41, 5.74) is 4.57. The van der Waals surface area contributed by atoms with Crippen molar-refractivity contribution in [2.75, 3.05) is 25.0 Å². The predicted octanol–water partition coefficient (Wildman–Crippen LogP) is 5.13. The van der Waals surface area contributed by atoms with Crippen LogP contribution < -0.4 is 5.32 Å². The van der Waals surface area contributed by atoms with Gasteiger partial charge >= 0.3 is 0 Å². The number of unbranched alkanes of at least 4 members (excludes halogenated alkanes) is 1. The summed E-state index contributed by atoms with van der Waals surface area (Å²) in [7, 11) is 0. The van der Waals surface area contributed by atoms with E-state index in [1.54, 1.807) is 0 Å². The maximum absolute atomic E-state index is 6.12. The summed E-state index contributed by atoms with van der Waals surface area (Å²) in [6.45, 7) is 6.17. The highest BCUT2D eigenvalue weighted by molar-refractivity contribution is 5.87. The molecule has 0 radical (unpaired) electrons. The van der Waals surface area contributed by atoms with Gasteiger partial charge in [0, 0.05) is 24.0 Å². The summed E-state index contributed by atoms with van der Waals surface area (Å²) in [5.74, 6) is 2.00. The van der Waals surface area contributed by atoms with Gasteiger partial charge in [0.15, 0.2) is 11.4 Å². The van der Waals surface area contributed by atoms with Crippen LogP contribution in [0.25, 0.3) is 21.9 Å². The molecule has 0 amide bonds. The van der Waals surface area contributed by atoms with Crippen molar-refractivity contribution in [3.05, 3.63) is 59.4 Å². The largest absolute Gasteiger partial charge is 0.459 e. The molecule has 0 fully saturated rings. The molecule has 0 saturated carbocycles. The maximum Gasteiger partial charge on any atom is 0.177 e. The molecule has 1 N–H and O–H groups in total. The van der Waals surface area contributed by atoms with Crippen molar-refractivity contribution in [3.8, 4) is 0 Å². The van der Waals surface area contributed by atoms with Crippen LogP contribution in [0.3, 0.4) is 0 Å². The van der Waals surface area contributed by atoms with Crippen molar-refractivity contribution in [2.24, 2.45) is 0 Å². The molecule has 0 unspecified atom stereocenters. The lowest BCUT2D eigenvalue weighted by Crippen LogP contribution is -2.31. The van der Waals surface area contributed by atoms with E-state index in [0.29, 0.717) is 0 Å². The Bertz CT molecular complexity index is 1110. The molecule has 0 bridgehead atoms. The summed E-state index contributed by atoms with van der Waals surface area (Å²) < 4.78 is 11.5. The highest BCUT2D eigenvalue weighted by atomic mass is 16.5. The van der Waals surface area contributed by atoms with Gasteiger partial charge in [-0.3, -0.25) is 4.90 Å². The number of aryl methyl sites for hydroxylation is 1. The summed E-state index contributed by atoms with van der Waals surface area (Å²) in [5, 5.41) is 9.88. The third-order valence-electron chi connectivity index (χ3n) is 5.65. The first-order valence-corrected chi connectivity index (χ1v) is 10.1. The van der Waals surface area contributed by atoms with Crippen LogP contribution in [-0.2, 0) is 13.0 Å². The average molecular weight is 375 g/mol. The van der Waals surface area contributed by atoms with Gasteiger partial charge in [0.1, 0.15) is 11.3 Å². The van der Waals surface area contributed by atoms with E-state index >= 15 is 0 Å². The van der Waals surface area contributed by atoms with E-state index in [2.05, 4.69) is 40.5 Å². The molecule has 0 spiro atoms. The molecule has 0 atom stereocenters. The maximum atomic E-state index is 6.12. The Morgan fingerprint density at radius 1 is 1.07 bits per heavy atom. The summed E-state index contributed by atoms with van der Waals surface area (Å²) in [4.78, 5) is 2.50. The second-order valence-corrected chi connectivity index (χ2v) is 7.69. The zero-order chi connectivity index (χ0) is 18.9. The van der Waals surface area contributed by atoms with Crippen LogP contribution in [0, 0.1) is 6.92 Å². The molecule has 3 heterocycles. The quantitative estimate of drug-likeness (QED) is 0.473. The van der Waals surface area contributed by atoms with Crippen molar-refractivity contribution >= 4 is 27.8 Å². The number of nitrogens with zero attached hydrogens (tertiary/aromatic N) is 2. The van der Waals surface area contributed by atoms with E-state index in [1.807, 2.05) is 24.3 Å². The molecular formula is C23H25N3O2. The third kappa shape index (κ3) is 3.27. The molecule has 2 aromatic carbocycles. The molecule has 4 aromatic rings. The Hall–Kier alpha value is -2.79. The van der Waals surface area contributed by atoms with Crippen molar-refractivity contribution in [3.63, 3.8) is 0 Å². The molecule has 5 rings (SSSR count). The van der Waals surface area contributed by atoms with Crippen molar-refractivity contribution in [1.82, 2.24) is 10.1 Å². The first-order valence-electron chi connectivity index (χ1n) is 10.1. The zero-order valence-electron chi connectivity index (χ0n) is 16.2. The lowest BCUT2D eigenvalue weighted by Gasteiger charge is -2.25. The summed E-state index contributed by atoms with van der Waals surface area (Å²) in [6, 6.07) is 14.4. The number of para-hydroxylation sites is 1. The van der Waals surface area contributed by atoms with Gasteiger partial charge in [-0.1, -0.05) is 28.9 Å². The third-order valence-corrected chi connectivity index (χ3v) is 5.65. The first kappa shape index (κ1) is 17.3. The van der Waals surface area contributed by atoms with Gasteiger partial charge < -0.3 is 14.3 Å². The number of fused-ring (bicyclic) bond motifs is 4. The summed E-state index contributed by atoms with van der Waals surface area (Å²) in [6.07, 6.45) is 3.33. The number of anilines is 1. The van der Waals surface area contributed by atoms with Gasteiger partial charge in [-0.25, -0.2) is 0 Å². The Labute approximate surface area is 164 Å². The summed E-state index contributed by atoms with van der Waals surface area (Å²) >= 11 is 0. The Morgan fingerprint density at radius 2 is 2.00 bits per heavy atom. The molecule has 0 saturated heterocycles. The van der Waals surface area contributed by atoms with Crippen molar-refractivity contribution < 1.29 is 8.94 Å². The number of rotatable bonds is 6. The number of nitrogens with one attached hydrogen (secondary N) is 1. The fraction of sp³-hybridized carbons (Fsp3) is 0.348. The lowest BCUT2D eigenvalue weighted by molar-refractivity contribution is 0.228. The minimum Gasteiger partial charge on any atom is -0.459 e. The monoisotopic (exact) mass is 375 g/mol. The number of furan rings is 1. The molecule has 5 nitrogen and oxygen atoms in total. The van der Waals surface area contributed by atoms with Gasteiger partial charge in [0.25, 0.3) is 0 Å². The average Bonchev–Trinajstić information content (AvgIpc) is 3.28. The Morgan fingerprint density at radius 3 is 2.96 bits per heavy atom. The van der Waals surface area contributed by atoms with E-state index in [4.69, 9.17) is 8.94 Å². The molecule has 2 aromatic heterocycles. The SMILES string of the molecule is Cc1ccc2oc3c(c2c1)CCN(CCCCNc1noc2ccccc12)C3. The topological polar surface area (TPSA) is 54.4 Å². The Balaban J connectivity index is 1.13. The van der Waals surface area contributed by atoms with Crippen LogP contribution in [0.1, 0.15) is 29.7 Å². The number of hydrogen-bond donors (Lipinski definition) is 1. The van der Waals surface area contributed by atoms with Crippen molar-refractivity contribution in [1.29, 1.82) is 0 Å². The predicted molar refractivity (Wildman–Crippen MR) is 112 cm³/mol. The minimum absolute atomic E-state index is 0.829. The fourth-order valence-electron chi connectivity index (χ4n) is 4.14. The van der Waals surface area contributed by atoms with E-state index in [1.165, 1.54) is 16.5 Å². The fourth-order valence-corrected chi connectivity index (χ4v) is 4.14. The molecule has 1 aliphatic rings. The van der Waals surface area contributed by atoms with Crippen LogP contribution in [0.5, 0.6) is 0 Å². The lowest BCUT2D eigenvalue weighted by atomic mass is 10.0. The molecule has 28 heavy (non-hydrogen) atoms. The van der Waals surface area contributed by atoms with E-state index < -0.39 is 0 Å².